The summed E-state index contributed by atoms with van der Waals surface area (Å²) in [4.78, 5) is 26.7. The van der Waals surface area contributed by atoms with E-state index in [0.717, 1.165) is 36.2 Å². The minimum Gasteiger partial charge on any atom is -0.349 e. The third-order valence-electron chi connectivity index (χ3n) is 6.64. The number of halogens is 3. The van der Waals surface area contributed by atoms with Crippen LogP contribution >= 0.6 is 11.3 Å². The average molecular weight is 475 g/mol. The van der Waals surface area contributed by atoms with E-state index in [0.29, 0.717) is 35.5 Å². The maximum absolute atomic E-state index is 13.1. The first kappa shape index (κ1) is 22.1. The van der Waals surface area contributed by atoms with E-state index in [2.05, 4.69) is 33.9 Å². The standard InChI is InChI=1S/C24H25F3N4OS/c1-2-15-3-5-16(6-4-15)9-21(32)30-12-18-8-7-17(30)13-31(18)22-20-10-19(11-24(25,26)27)33-23(20)29-14-28-22/h3-6,10,14,17-18H,2,7-9,11-13H2,1H3/t17-,18-/m0/s1. The Kier molecular flexibility index (Phi) is 5.76. The molecule has 33 heavy (non-hydrogen) atoms. The quantitative estimate of drug-likeness (QED) is 0.534. The predicted molar refractivity (Wildman–Crippen MR) is 123 cm³/mol. The molecule has 3 aromatic rings. The summed E-state index contributed by atoms with van der Waals surface area (Å²) in [6, 6.07) is 9.95. The van der Waals surface area contributed by atoms with Crippen molar-refractivity contribution in [2.45, 2.75) is 57.3 Å². The Morgan fingerprint density at radius 3 is 2.48 bits per heavy atom. The number of nitrogens with zero attached hydrogens (tertiary/aromatic N) is 4. The highest BCUT2D eigenvalue weighted by Crippen LogP contribution is 2.38. The number of carbonyl (C=O) groups excluding carboxylic acids is 1. The monoisotopic (exact) mass is 474 g/mol. The number of fused-ring (bicyclic) bond motifs is 4. The van der Waals surface area contributed by atoms with Crippen LogP contribution < -0.4 is 4.90 Å². The van der Waals surface area contributed by atoms with Gasteiger partial charge in [0.05, 0.1) is 18.2 Å². The van der Waals surface area contributed by atoms with Crippen molar-refractivity contribution < 1.29 is 18.0 Å². The summed E-state index contributed by atoms with van der Waals surface area (Å²) >= 11 is 1.07. The van der Waals surface area contributed by atoms with Gasteiger partial charge in [0.15, 0.2) is 0 Å². The van der Waals surface area contributed by atoms with Crippen LogP contribution in [-0.4, -0.2) is 52.1 Å². The van der Waals surface area contributed by atoms with E-state index >= 15 is 0 Å². The van der Waals surface area contributed by atoms with Gasteiger partial charge in [0, 0.05) is 30.1 Å². The Morgan fingerprint density at radius 1 is 1.09 bits per heavy atom. The van der Waals surface area contributed by atoms with Gasteiger partial charge in [-0.3, -0.25) is 4.79 Å². The van der Waals surface area contributed by atoms with Crippen molar-refractivity contribution in [3.8, 4) is 0 Å². The molecule has 6 rings (SSSR count). The van der Waals surface area contributed by atoms with Gasteiger partial charge in [-0.2, -0.15) is 13.2 Å². The second-order valence-corrected chi connectivity index (χ2v) is 9.97. The molecular weight excluding hydrogens is 449 g/mol. The van der Waals surface area contributed by atoms with Crippen LogP contribution in [0.5, 0.6) is 0 Å². The maximum Gasteiger partial charge on any atom is 0.393 e. The molecule has 0 aliphatic carbocycles. The molecule has 1 aromatic carbocycles. The molecule has 0 saturated carbocycles. The van der Waals surface area contributed by atoms with Crippen LogP contribution in [0.15, 0.2) is 36.7 Å². The number of aryl methyl sites for hydroxylation is 1. The lowest BCUT2D eigenvalue weighted by molar-refractivity contribution is -0.135. The summed E-state index contributed by atoms with van der Waals surface area (Å²) in [6.07, 6.45) is -0.563. The molecule has 0 spiro atoms. The minimum atomic E-state index is -4.25. The summed E-state index contributed by atoms with van der Waals surface area (Å²) in [7, 11) is 0. The Hall–Kier alpha value is -2.68. The molecule has 0 unspecified atom stereocenters. The maximum atomic E-state index is 13.1. The highest BCUT2D eigenvalue weighted by molar-refractivity contribution is 7.18. The molecular formula is C24H25F3N4OS. The normalized spacial score (nSPS) is 20.6. The molecule has 3 fully saturated rings. The molecule has 5 heterocycles. The highest BCUT2D eigenvalue weighted by atomic mass is 32.1. The molecule has 3 aliphatic heterocycles. The van der Waals surface area contributed by atoms with E-state index in [1.165, 1.54) is 11.9 Å². The van der Waals surface area contributed by atoms with Gasteiger partial charge < -0.3 is 9.80 Å². The van der Waals surface area contributed by atoms with Gasteiger partial charge in [-0.15, -0.1) is 11.3 Å². The fourth-order valence-electron chi connectivity index (χ4n) is 4.97. The number of anilines is 1. The average Bonchev–Trinajstić information content (AvgIpc) is 3.20. The predicted octanol–water partition coefficient (Wildman–Crippen LogP) is 4.78. The number of piperazine rings is 1. The van der Waals surface area contributed by atoms with Gasteiger partial charge in [-0.05, 0) is 36.5 Å². The lowest BCUT2D eigenvalue weighted by Crippen LogP contribution is -2.64. The van der Waals surface area contributed by atoms with Gasteiger partial charge in [-0.1, -0.05) is 31.2 Å². The third kappa shape index (κ3) is 4.55. The first-order valence-electron chi connectivity index (χ1n) is 11.2. The number of rotatable bonds is 5. The SMILES string of the molecule is CCc1ccc(CC(=O)N2C[C@@H]3CC[C@H]2CN3c2ncnc3sc(CC(F)(F)F)cc23)cc1. The topological polar surface area (TPSA) is 49.3 Å². The van der Waals surface area contributed by atoms with E-state index in [1.54, 1.807) is 6.07 Å². The lowest BCUT2D eigenvalue weighted by atomic mass is 9.90. The number of benzene rings is 1. The van der Waals surface area contributed by atoms with Gasteiger partial charge in [0.25, 0.3) is 0 Å². The lowest BCUT2D eigenvalue weighted by Gasteiger charge is -2.52. The second kappa shape index (κ2) is 8.59. The van der Waals surface area contributed by atoms with Crippen LogP contribution in [0.1, 0.15) is 35.8 Å². The number of aromatic nitrogens is 2. The Bertz CT molecular complexity index is 1160. The molecule has 9 heteroatoms. The number of hydrogen-bond donors (Lipinski definition) is 0. The van der Waals surface area contributed by atoms with Crippen LogP contribution in [0.25, 0.3) is 10.2 Å². The molecule has 5 nitrogen and oxygen atoms in total. The molecule has 1 amide bonds. The molecule has 174 valence electrons. The van der Waals surface area contributed by atoms with Crippen molar-refractivity contribution in [1.29, 1.82) is 0 Å². The van der Waals surface area contributed by atoms with E-state index in [9.17, 15) is 18.0 Å². The van der Waals surface area contributed by atoms with Gasteiger partial charge >= 0.3 is 6.18 Å². The number of thiophene rings is 1. The van der Waals surface area contributed by atoms with Crippen LogP contribution in [0.4, 0.5) is 19.0 Å². The summed E-state index contributed by atoms with van der Waals surface area (Å²) < 4.78 is 38.6. The van der Waals surface area contributed by atoms with Crippen molar-refractivity contribution in [1.82, 2.24) is 14.9 Å². The highest BCUT2D eigenvalue weighted by Gasteiger charge is 2.42. The van der Waals surface area contributed by atoms with Crippen LogP contribution in [0, 0.1) is 0 Å². The number of alkyl halides is 3. The van der Waals surface area contributed by atoms with Gasteiger partial charge in [0.2, 0.25) is 5.91 Å². The fraction of sp³-hybridized carbons (Fsp3) is 0.458. The van der Waals surface area contributed by atoms with Crippen LogP contribution in [0.2, 0.25) is 0 Å². The molecule has 2 aromatic heterocycles. The van der Waals surface area contributed by atoms with E-state index in [1.807, 2.05) is 17.0 Å². The van der Waals surface area contributed by atoms with Crippen molar-refractivity contribution in [3.05, 3.63) is 52.7 Å². The Morgan fingerprint density at radius 2 is 1.82 bits per heavy atom. The third-order valence-corrected chi connectivity index (χ3v) is 7.69. The van der Waals surface area contributed by atoms with E-state index < -0.39 is 12.6 Å². The summed E-state index contributed by atoms with van der Waals surface area (Å²) in [5.74, 6) is 0.811. The largest absolute Gasteiger partial charge is 0.393 e. The zero-order valence-corrected chi connectivity index (χ0v) is 19.1. The summed E-state index contributed by atoms with van der Waals surface area (Å²) in [5, 5.41) is 0.670. The first-order valence-corrected chi connectivity index (χ1v) is 12.1. The van der Waals surface area contributed by atoms with E-state index in [4.69, 9.17) is 0 Å². The van der Waals surface area contributed by atoms with Gasteiger partial charge in [-0.25, -0.2) is 9.97 Å². The zero-order valence-electron chi connectivity index (χ0n) is 18.3. The molecule has 3 saturated heterocycles. The Labute approximate surface area is 194 Å². The van der Waals surface area contributed by atoms with Crippen molar-refractivity contribution in [3.63, 3.8) is 0 Å². The number of carbonyl (C=O) groups is 1. The Balaban J connectivity index is 1.33. The van der Waals surface area contributed by atoms with Crippen molar-refractivity contribution in [2.24, 2.45) is 0 Å². The van der Waals surface area contributed by atoms with Crippen molar-refractivity contribution >= 4 is 33.3 Å². The minimum absolute atomic E-state index is 0.0794. The summed E-state index contributed by atoms with van der Waals surface area (Å²) in [6.45, 7) is 3.36. The van der Waals surface area contributed by atoms with Crippen LogP contribution in [0.3, 0.4) is 0 Å². The molecule has 2 bridgehead atoms. The number of hydrogen-bond acceptors (Lipinski definition) is 5. The van der Waals surface area contributed by atoms with Crippen molar-refractivity contribution in [2.75, 3.05) is 18.0 Å². The molecule has 0 N–H and O–H groups in total. The number of amides is 1. The number of piperidine rings is 2. The summed E-state index contributed by atoms with van der Waals surface area (Å²) in [5.41, 5.74) is 2.27. The fourth-order valence-corrected chi connectivity index (χ4v) is 5.99. The molecule has 2 atom stereocenters. The van der Waals surface area contributed by atoms with Crippen LogP contribution in [-0.2, 0) is 24.1 Å². The molecule has 0 radical (unpaired) electrons. The smallest absolute Gasteiger partial charge is 0.349 e. The zero-order chi connectivity index (χ0) is 23.2. The second-order valence-electron chi connectivity index (χ2n) is 8.85. The first-order chi connectivity index (χ1) is 15.8. The molecule has 3 aliphatic rings. The van der Waals surface area contributed by atoms with E-state index in [-0.39, 0.29) is 22.9 Å². The van der Waals surface area contributed by atoms with Gasteiger partial charge in [0.1, 0.15) is 17.0 Å².